The summed E-state index contributed by atoms with van der Waals surface area (Å²) < 4.78 is 5.73. The first kappa shape index (κ1) is 11.9. The number of nitrogens with zero attached hydrogens (tertiary/aromatic N) is 3. The van der Waals surface area contributed by atoms with E-state index in [1.807, 2.05) is 0 Å². The molecule has 5 nitrogen and oxygen atoms in total. The lowest BCUT2D eigenvalue weighted by molar-refractivity contribution is 0.508. The molecular weight excluding hydrogens is 252 g/mol. The van der Waals surface area contributed by atoms with Gasteiger partial charge in [-0.05, 0) is 37.1 Å². The molecule has 2 fully saturated rings. The highest BCUT2D eigenvalue weighted by Gasteiger charge is 2.29. The van der Waals surface area contributed by atoms with Crippen LogP contribution in [0, 0.1) is 0 Å². The molecule has 0 atom stereocenters. The van der Waals surface area contributed by atoms with E-state index >= 15 is 0 Å². The largest absolute Gasteiger partial charge is 0.420 e. The van der Waals surface area contributed by atoms with E-state index < -0.39 is 0 Å². The Labute approximate surface area is 118 Å². The molecule has 0 amide bonds. The van der Waals surface area contributed by atoms with Crippen molar-refractivity contribution in [3.05, 3.63) is 30.2 Å². The van der Waals surface area contributed by atoms with E-state index in [4.69, 9.17) is 4.42 Å². The van der Waals surface area contributed by atoms with E-state index in [0.29, 0.717) is 11.8 Å². The lowest BCUT2D eigenvalue weighted by atomic mass is 10.2. The van der Waals surface area contributed by atoms with Crippen LogP contribution in [0.4, 0.5) is 5.69 Å². The van der Waals surface area contributed by atoms with Crippen molar-refractivity contribution < 1.29 is 4.42 Å². The van der Waals surface area contributed by atoms with Crippen molar-refractivity contribution in [1.82, 2.24) is 15.5 Å². The molecule has 4 rings (SSSR count). The fraction of sp³-hybridized carbons (Fsp3) is 0.467. The quantitative estimate of drug-likeness (QED) is 0.924. The van der Waals surface area contributed by atoms with Crippen LogP contribution in [0.5, 0.6) is 0 Å². The Morgan fingerprint density at radius 3 is 2.50 bits per heavy atom. The Kier molecular flexibility index (Phi) is 2.92. The Morgan fingerprint density at radius 2 is 1.80 bits per heavy atom. The van der Waals surface area contributed by atoms with Crippen LogP contribution in [-0.4, -0.2) is 36.4 Å². The van der Waals surface area contributed by atoms with Crippen LogP contribution in [0.3, 0.4) is 0 Å². The minimum atomic E-state index is 0.511. The number of rotatable bonds is 3. The maximum absolute atomic E-state index is 5.73. The predicted octanol–water partition coefficient (Wildman–Crippen LogP) is 2.02. The molecule has 1 aliphatic carbocycles. The van der Waals surface area contributed by atoms with Gasteiger partial charge >= 0.3 is 0 Å². The Hall–Kier alpha value is -1.88. The first-order chi connectivity index (χ1) is 9.90. The number of piperazine rings is 1. The summed E-state index contributed by atoms with van der Waals surface area (Å²) in [6.07, 6.45) is 2.37. The molecule has 2 heterocycles. The van der Waals surface area contributed by atoms with Gasteiger partial charge in [-0.25, -0.2) is 0 Å². The van der Waals surface area contributed by atoms with E-state index in [9.17, 15) is 0 Å². The normalized spacial score (nSPS) is 19.3. The molecule has 20 heavy (non-hydrogen) atoms. The molecule has 0 spiro atoms. The highest BCUT2D eigenvalue weighted by Crippen LogP contribution is 2.40. The van der Waals surface area contributed by atoms with Crippen molar-refractivity contribution in [1.29, 1.82) is 0 Å². The first-order valence-electron chi connectivity index (χ1n) is 7.30. The number of hydrogen-bond acceptors (Lipinski definition) is 5. The van der Waals surface area contributed by atoms with Crippen molar-refractivity contribution in [2.24, 2.45) is 0 Å². The van der Waals surface area contributed by atoms with Crippen molar-refractivity contribution in [3.63, 3.8) is 0 Å². The van der Waals surface area contributed by atoms with Crippen LogP contribution in [-0.2, 0) is 0 Å². The zero-order chi connectivity index (χ0) is 13.4. The average Bonchev–Trinajstić information content (AvgIpc) is 3.26. The summed E-state index contributed by atoms with van der Waals surface area (Å²) in [6, 6.07) is 8.42. The fourth-order valence-electron chi connectivity index (χ4n) is 2.58. The Morgan fingerprint density at radius 1 is 1.05 bits per heavy atom. The van der Waals surface area contributed by atoms with Crippen LogP contribution < -0.4 is 10.2 Å². The van der Waals surface area contributed by atoms with Crippen molar-refractivity contribution in [2.75, 3.05) is 31.1 Å². The third-order valence-corrected chi connectivity index (χ3v) is 3.96. The SMILES string of the molecule is c1cc(N2CCNCC2)ccc1-c1nnc(C2CC2)o1. The van der Waals surface area contributed by atoms with E-state index in [-0.39, 0.29) is 0 Å². The molecule has 0 bridgehead atoms. The van der Waals surface area contributed by atoms with Crippen LogP contribution >= 0.6 is 0 Å². The molecule has 104 valence electrons. The van der Waals surface area contributed by atoms with Crippen molar-refractivity contribution in [2.45, 2.75) is 18.8 Å². The number of anilines is 1. The smallest absolute Gasteiger partial charge is 0.247 e. The van der Waals surface area contributed by atoms with Crippen molar-refractivity contribution in [3.8, 4) is 11.5 Å². The molecule has 1 saturated carbocycles. The van der Waals surface area contributed by atoms with Crippen molar-refractivity contribution >= 4 is 5.69 Å². The van der Waals surface area contributed by atoms with Gasteiger partial charge < -0.3 is 14.6 Å². The minimum absolute atomic E-state index is 0.511. The molecule has 2 aromatic rings. The second-order valence-corrected chi connectivity index (χ2v) is 5.50. The summed E-state index contributed by atoms with van der Waals surface area (Å²) in [7, 11) is 0. The average molecular weight is 270 g/mol. The molecule has 1 aliphatic heterocycles. The van der Waals surface area contributed by atoms with Gasteiger partial charge in [-0.15, -0.1) is 10.2 Å². The molecule has 5 heteroatoms. The standard InChI is InChI=1S/C15H18N4O/c1-2-11(1)14-17-18-15(20-14)12-3-5-13(6-4-12)19-9-7-16-8-10-19/h3-6,11,16H,1-2,7-10H2. The van der Waals surface area contributed by atoms with E-state index in [0.717, 1.165) is 37.6 Å². The van der Waals surface area contributed by atoms with Gasteiger partial charge in [0.15, 0.2) is 0 Å². The molecule has 0 unspecified atom stereocenters. The third kappa shape index (κ3) is 2.29. The fourth-order valence-corrected chi connectivity index (χ4v) is 2.58. The highest BCUT2D eigenvalue weighted by atomic mass is 16.4. The van der Waals surface area contributed by atoms with Crippen LogP contribution in [0.15, 0.2) is 28.7 Å². The second kappa shape index (κ2) is 4.90. The molecule has 1 aromatic heterocycles. The Bertz CT molecular complexity index is 582. The van der Waals surface area contributed by atoms with Gasteiger partial charge in [0, 0.05) is 43.3 Å². The predicted molar refractivity (Wildman–Crippen MR) is 76.8 cm³/mol. The van der Waals surface area contributed by atoms with Gasteiger partial charge in [0.25, 0.3) is 0 Å². The van der Waals surface area contributed by atoms with Crippen LogP contribution in [0.2, 0.25) is 0 Å². The molecule has 1 saturated heterocycles. The molecule has 1 aromatic carbocycles. The van der Waals surface area contributed by atoms with Gasteiger partial charge in [-0.2, -0.15) is 0 Å². The van der Waals surface area contributed by atoms with Gasteiger partial charge in [0.2, 0.25) is 11.8 Å². The maximum Gasteiger partial charge on any atom is 0.247 e. The summed E-state index contributed by atoms with van der Waals surface area (Å²) in [5, 5.41) is 11.6. The summed E-state index contributed by atoms with van der Waals surface area (Å²) >= 11 is 0. The third-order valence-electron chi connectivity index (χ3n) is 3.96. The first-order valence-corrected chi connectivity index (χ1v) is 7.30. The van der Waals surface area contributed by atoms with Gasteiger partial charge in [0.05, 0.1) is 0 Å². The van der Waals surface area contributed by atoms with Crippen LogP contribution in [0.1, 0.15) is 24.7 Å². The maximum atomic E-state index is 5.73. The minimum Gasteiger partial charge on any atom is -0.420 e. The molecule has 0 radical (unpaired) electrons. The highest BCUT2D eigenvalue weighted by molar-refractivity contribution is 5.59. The lowest BCUT2D eigenvalue weighted by Gasteiger charge is -2.29. The molecular formula is C15H18N4O. The second-order valence-electron chi connectivity index (χ2n) is 5.50. The number of nitrogens with one attached hydrogen (secondary N) is 1. The number of hydrogen-bond donors (Lipinski definition) is 1. The number of aromatic nitrogens is 2. The number of benzene rings is 1. The van der Waals surface area contributed by atoms with Gasteiger partial charge in [-0.1, -0.05) is 0 Å². The zero-order valence-corrected chi connectivity index (χ0v) is 11.4. The van der Waals surface area contributed by atoms with Gasteiger partial charge in [-0.3, -0.25) is 0 Å². The molecule has 1 N–H and O–H groups in total. The molecule has 2 aliphatic rings. The monoisotopic (exact) mass is 270 g/mol. The summed E-state index contributed by atoms with van der Waals surface area (Å²) in [4.78, 5) is 2.39. The van der Waals surface area contributed by atoms with Crippen LogP contribution in [0.25, 0.3) is 11.5 Å². The van der Waals surface area contributed by atoms with Gasteiger partial charge in [0.1, 0.15) is 0 Å². The van der Waals surface area contributed by atoms with E-state index in [2.05, 4.69) is 44.7 Å². The van der Waals surface area contributed by atoms with E-state index in [1.54, 1.807) is 0 Å². The van der Waals surface area contributed by atoms with E-state index in [1.165, 1.54) is 18.5 Å². The summed E-state index contributed by atoms with van der Waals surface area (Å²) in [5.74, 6) is 1.95. The lowest BCUT2D eigenvalue weighted by Crippen LogP contribution is -2.43. The summed E-state index contributed by atoms with van der Waals surface area (Å²) in [6.45, 7) is 4.23. The Balaban J connectivity index is 1.53. The summed E-state index contributed by atoms with van der Waals surface area (Å²) in [5.41, 5.74) is 2.26. The zero-order valence-electron chi connectivity index (χ0n) is 11.4. The topological polar surface area (TPSA) is 54.2 Å².